The van der Waals surface area contributed by atoms with Crippen molar-refractivity contribution in [3.63, 3.8) is 0 Å². The minimum absolute atomic E-state index is 0. The first-order valence-corrected chi connectivity index (χ1v) is 7.72. The normalized spacial score (nSPS) is 10.4. The van der Waals surface area contributed by atoms with Crippen molar-refractivity contribution in [1.82, 2.24) is 14.8 Å². The van der Waals surface area contributed by atoms with Crippen LogP contribution in [0.15, 0.2) is 29.6 Å². The quantitative estimate of drug-likeness (QED) is 0.759. The molecule has 0 unspecified atom stereocenters. The molecule has 2 heterocycles. The molecule has 116 valence electrons. The van der Waals surface area contributed by atoms with Crippen LogP contribution < -0.4 is 5.32 Å². The molecule has 0 saturated heterocycles. The molecular formula is C16H19ClN4S. The number of hydrogen-bond acceptors (Lipinski definition) is 4. The minimum atomic E-state index is 0. The maximum atomic E-state index is 4.69. The first-order valence-electron chi connectivity index (χ1n) is 6.84. The molecule has 1 aromatic carbocycles. The Kier molecular flexibility index (Phi) is 4.88. The highest BCUT2D eigenvalue weighted by atomic mass is 35.5. The molecule has 0 amide bonds. The number of halogens is 1. The molecule has 3 rings (SSSR count). The van der Waals surface area contributed by atoms with Crippen molar-refractivity contribution in [2.24, 2.45) is 7.05 Å². The zero-order valence-corrected chi connectivity index (χ0v) is 14.7. The third-order valence-corrected chi connectivity index (χ3v) is 4.17. The number of nitrogens with one attached hydrogen (secondary N) is 1. The van der Waals surface area contributed by atoms with Crippen LogP contribution in [0.25, 0.3) is 11.3 Å². The largest absolute Gasteiger partial charge is 0.316 e. The fourth-order valence-electron chi connectivity index (χ4n) is 2.30. The molecule has 2 aromatic heterocycles. The van der Waals surface area contributed by atoms with Gasteiger partial charge in [-0.2, -0.15) is 5.10 Å². The van der Waals surface area contributed by atoms with Gasteiger partial charge in [0.15, 0.2) is 5.13 Å². The Hall–Kier alpha value is -1.85. The summed E-state index contributed by atoms with van der Waals surface area (Å²) in [6, 6.07) is 8.46. The maximum absolute atomic E-state index is 4.69. The average molecular weight is 335 g/mol. The van der Waals surface area contributed by atoms with Crippen LogP contribution in [0.4, 0.5) is 10.9 Å². The van der Waals surface area contributed by atoms with Crippen LogP contribution in [0.2, 0.25) is 0 Å². The summed E-state index contributed by atoms with van der Waals surface area (Å²) in [5.74, 6) is 0.953. The van der Waals surface area contributed by atoms with Crippen molar-refractivity contribution in [1.29, 1.82) is 0 Å². The molecule has 0 aliphatic heterocycles. The van der Waals surface area contributed by atoms with Gasteiger partial charge in [0.05, 0.1) is 11.4 Å². The van der Waals surface area contributed by atoms with Gasteiger partial charge in [-0.25, -0.2) is 4.98 Å². The van der Waals surface area contributed by atoms with Crippen LogP contribution in [-0.4, -0.2) is 14.8 Å². The van der Waals surface area contributed by atoms with E-state index in [0.29, 0.717) is 0 Å². The second-order valence-electron chi connectivity index (χ2n) is 5.28. The van der Waals surface area contributed by atoms with Gasteiger partial charge in [-0.15, -0.1) is 23.7 Å². The van der Waals surface area contributed by atoms with Crippen LogP contribution >= 0.6 is 23.7 Å². The topological polar surface area (TPSA) is 42.7 Å². The van der Waals surface area contributed by atoms with Crippen LogP contribution in [0.1, 0.15) is 16.8 Å². The Bertz CT molecular complexity index is 791. The van der Waals surface area contributed by atoms with Gasteiger partial charge in [0.25, 0.3) is 0 Å². The number of aryl methyl sites for hydroxylation is 4. The molecule has 0 spiro atoms. The number of nitrogens with zero attached hydrogens (tertiary/aromatic N) is 3. The van der Waals surface area contributed by atoms with Gasteiger partial charge >= 0.3 is 0 Å². The van der Waals surface area contributed by atoms with E-state index >= 15 is 0 Å². The van der Waals surface area contributed by atoms with E-state index in [1.807, 2.05) is 24.7 Å². The Morgan fingerprint density at radius 1 is 1.14 bits per heavy atom. The standard InChI is InChI=1S/C16H18N4S.ClH/c1-10-5-6-11(2)13(7-10)14-9-21-16(17-14)18-15-8-12(3)19-20(15)4;/h5-9H,1-4H3,(H,17,18);1H. The Balaban J connectivity index is 0.00000176. The maximum Gasteiger partial charge on any atom is 0.188 e. The summed E-state index contributed by atoms with van der Waals surface area (Å²) >= 11 is 1.61. The Labute approximate surface area is 140 Å². The van der Waals surface area contributed by atoms with E-state index < -0.39 is 0 Å². The molecule has 22 heavy (non-hydrogen) atoms. The highest BCUT2D eigenvalue weighted by molar-refractivity contribution is 7.14. The summed E-state index contributed by atoms with van der Waals surface area (Å²) in [6.07, 6.45) is 0. The summed E-state index contributed by atoms with van der Waals surface area (Å²) in [6.45, 7) is 6.20. The molecule has 0 bridgehead atoms. The molecule has 0 aliphatic carbocycles. The van der Waals surface area contributed by atoms with E-state index in [1.54, 1.807) is 11.3 Å². The van der Waals surface area contributed by atoms with Crippen LogP contribution in [-0.2, 0) is 7.05 Å². The number of rotatable bonds is 3. The van der Waals surface area contributed by atoms with Crippen molar-refractivity contribution < 1.29 is 0 Å². The van der Waals surface area contributed by atoms with Crippen LogP contribution in [0, 0.1) is 20.8 Å². The van der Waals surface area contributed by atoms with E-state index in [-0.39, 0.29) is 12.4 Å². The first-order chi connectivity index (χ1) is 10.0. The predicted molar refractivity (Wildman–Crippen MR) is 95.5 cm³/mol. The highest BCUT2D eigenvalue weighted by Gasteiger charge is 2.09. The summed E-state index contributed by atoms with van der Waals surface area (Å²) in [4.78, 5) is 4.69. The lowest BCUT2D eigenvalue weighted by atomic mass is 10.0. The third-order valence-electron chi connectivity index (χ3n) is 3.41. The lowest BCUT2D eigenvalue weighted by Gasteiger charge is -2.04. The summed E-state index contributed by atoms with van der Waals surface area (Å²) in [5.41, 5.74) is 5.70. The highest BCUT2D eigenvalue weighted by Crippen LogP contribution is 2.29. The van der Waals surface area contributed by atoms with Crippen LogP contribution in [0.3, 0.4) is 0 Å². The molecule has 4 nitrogen and oxygen atoms in total. The minimum Gasteiger partial charge on any atom is -0.316 e. The Morgan fingerprint density at radius 3 is 2.59 bits per heavy atom. The van der Waals surface area contributed by atoms with E-state index in [1.165, 1.54) is 16.7 Å². The molecule has 3 aromatic rings. The lowest BCUT2D eigenvalue weighted by molar-refractivity contribution is 0.765. The Morgan fingerprint density at radius 2 is 1.91 bits per heavy atom. The zero-order valence-electron chi connectivity index (χ0n) is 13.0. The second-order valence-corrected chi connectivity index (χ2v) is 6.13. The van der Waals surface area contributed by atoms with E-state index in [0.717, 1.165) is 22.3 Å². The van der Waals surface area contributed by atoms with Gasteiger partial charge in [0.2, 0.25) is 0 Å². The smallest absolute Gasteiger partial charge is 0.188 e. The van der Waals surface area contributed by atoms with Crippen LogP contribution in [0.5, 0.6) is 0 Å². The van der Waals surface area contributed by atoms with Gasteiger partial charge in [-0.05, 0) is 32.4 Å². The van der Waals surface area contributed by atoms with Crippen molar-refractivity contribution in [3.8, 4) is 11.3 Å². The van der Waals surface area contributed by atoms with Gasteiger partial charge in [0, 0.05) is 24.1 Å². The first kappa shape index (κ1) is 16.5. The van der Waals surface area contributed by atoms with Crippen molar-refractivity contribution in [2.45, 2.75) is 20.8 Å². The number of hydrogen-bond donors (Lipinski definition) is 1. The number of anilines is 2. The summed E-state index contributed by atoms with van der Waals surface area (Å²) in [7, 11) is 1.93. The second kappa shape index (κ2) is 6.50. The molecule has 1 N–H and O–H groups in total. The third kappa shape index (κ3) is 3.31. The van der Waals surface area contributed by atoms with Crippen molar-refractivity contribution >= 4 is 34.7 Å². The van der Waals surface area contributed by atoms with Gasteiger partial charge in [-0.3, -0.25) is 4.68 Å². The van der Waals surface area contributed by atoms with Crippen molar-refractivity contribution in [3.05, 3.63) is 46.5 Å². The predicted octanol–water partition coefficient (Wildman–Crippen LogP) is 4.63. The molecule has 0 atom stereocenters. The number of thiazole rings is 1. The fourth-order valence-corrected chi connectivity index (χ4v) is 3.02. The van der Waals surface area contributed by atoms with Gasteiger partial charge in [-0.1, -0.05) is 17.7 Å². The van der Waals surface area contributed by atoms with E-state index in [4.69, 9.17) is 4.98 Å². The summed E-state index contributed by atoms with van der Waals surface area (Å²) in [5, 5.41) is 10.6. The van der Waals surface area contributed by atoms with E-state index in [9.17, 15) is 0 Å². The number of benzene rings is 1. The lowest BCUT2D eigenvalue weighted by Crippen LogP contribution is -1.98. The van der Waals surface area contributed by atoms with Gasteiger partial charge in [0.1, 0.15) is 5.82 Å². The molecule has 0 radical (unpaired) electrons. The SMILES string of the molecule is Cc1ccc(C)c(-c2csc(Nc3cc(C)nn3C)n2)c1.Cl. The molecule has 6 heteroatoms. The fraction of sp³-hybridized carbons (Fsp3) is 0.250. The molecule has 0 fully saturated rings. The zero-order chi connectivity index (χ0) is 15.0. The average Bonchev–Trinajstić information content (AvgIpc) is 3.00. The summed E-state index contributed by atoms with van der Waals surface area (Å²) < 4.78 is 1.83. The van der Waals surface area contributed by atoms with Crippen molar-refractivity contribution in [2.75, 3.05) is 5.32 Å². The number of aromatic nitrogens is 3. The van der Waals surface area contributed by atoms with E-state index in [2.05, 4.69) is 47.8 Å². The molecule has 0 aliphatic rings. The molecular weight excluding hydrogens is 316 g/mol. The van der Waals surface area contributed by atoms with Gasteiger partial charge < -0.3 is 5.32 Å². The monoisotopic (exact) mass is 334 g/mol. The molecule has 0 saturated carbocycles.